The van der Waals surface area contributed by atoms with E-state index in [1.165, 1.54) is 19.1 Å². The van der Waals surface area contributed by atoms with Crippen LogP contribution in [0.3, 0.4) is 0 Å². The summed E-state index contributed by atoms with van der Waals surface area (Å²) in [7, 11) is 0. The van der Waals surface area contributed by atoms with Crippen LogP contribution in [-0.2, 0) is 11.2 Å². The van der Waals surface area contributed by atoms with Gasteiger partial charge in [0.2, 0.25) is 0 Å². The highest BCUT2D eigenvalue weighted by Crippen LogP contribution is 2.07. The van der Waals surface area contributed by atoms with Crippen LogP contribution >= 0.6 is 0 Å². The monoisotopic (exact) mass is 255 g/mol. The molecule has 5 heteroatoms. The van der Waals surface area contributed by atoms with E-state index in [1.54, 1.807) is 12.1 Å². The fraction of sp³-hybridized carbons (Fsp3) is 0.462. The molecule has 0 aliphatic rings. The molecule has 0 amide bonds. The Morgan fingerprint density at radius 1 is 1.44 bits per heavy atom. The molecule has 4 nitrogen and oxygen atoms in total. The van der Waals surface area contributed by atoms with Crippen LogP contribution in [0.1, 0.15) is 19.4 Å². The van der Waals surface area contributed by atoms with Gasteiger partial charge < -0.3 is 15.5 Å². The van der Waals surface area contributed by atoms with Crippen molar-refractivity contribution < 1.29 is 19.4 Å². The number of rotatable bonds is 6. The molecule has 2 unspecified atom stereocenters. The Kier molecular flexibility index (Phi) is 4.81. The summed E-state index contributed by atoms with van der Waals surface area (Å²) < 4.78 is 12.7. The van der Waals surface area contributed by atoms with Gasteiger partial charge in [0.25, 0.3) is 0 Å². The molecule has 0 saturated heterocycles. The van der Waals surface area contributed by atoms with Crippen LogP contribution in [0.5, 0.6) is 0 Å². The molecular formula is C13H18FNO3. The maximum absolute atomic E-state index is 12.7. The third kappa shape index (κ3) is 4.43. The molecule has 0 aromatic heterocycles. The number of aliphatic carboxylic acids is 1. The van der Waals surface area contributed by atoms with E-state index in [2.05, 4.69) is 5.32 Å². The van der Waals surface area contributed by atoms with Crippen LogP contribution < -0.4 is 5.32 Å². The summed E-state index contributed by atoms with van der Waals surface area (Å²) in [5.41, 5.74) is -0.830. The lowest BCUT2D eigenvalue weighted by atomic mass is 10.0. The minimum absolute atomic E-state index is 0.0127. The van der Waals surface area contributed by atoms with Gasteiger partial charge in [-0.1, -0.05) is 12.1 Å². The second kappa shape index (κ2) is 5.93. The summed E-state index contributed by atoms with van der Waals surface area (Å²) in [6, 6.07) is 6.12. The van der Waals surface area contributed by atoms with Crippen LogP contribution in [0.15, 0.2) is 24.3 Å². The van der Waals surface area contributed by atoms with Gasteiger partial charge in [-0.05, 0) is 38.0 Å². The van der Waals surface area contributed by atoms with Gasteiger partial charge in [-0.25, -0.2) is 9.18 Å². The predicted octanol–water partition coefficient (Wildman–Crippen LogP) is 1.18. The van der Waals surface area contributed by atoms with E-state index in [0.717, 1.165) is 5.56 Å². The maximum Gasteiger partial charge on any atom is 0.336 e. The number of carboxylic acid groups (broad SMARTS) is 1. The standard InChI is InChI=1S/C13H18FNO3/c1-9(15-8-13(2,18)12(16)17)7-10-3-5-11(14)6-4-10/h3-6,9,15,18H,7-8H2,1-2H3,(H,16,17). The molecule has 18 heavy (non-hydrogen) atoms. The number of carbonyl (C=O) groups is 1. The van der Waals surface area contributed by atoms with E-state index in [0.29, 0.717) is 6.42 Å². The van der Waals surface area contributed by atoms with Crippen molar-refractivity contribution in [1.29, 1.82) is 0 Å². The summed E-state index contributed by atoms with van der Waals surface area (Å²) in [6.45, 7) is 3.08. The smallest absolute Gasteiger partial charge is 0.336 e. The number of hydrogen-bond donors (Lipinski definition) is 3. The fourth-order valence-corrected chi connectivity index (χ4v) is 1.49. The van der Waals surface area contributed by atoms with Gasteiger partial charge in [0.15, 0.2) is 5.60 Å². The first-order chi connectivity index (χ1) is 8.31. The van der Waals surface area contributed by atoms with E-state index < -0.39 is 11.6 Å². The number of hydrogen-bond acceptors (Lipinski definition) is 3. The zero-order valence-electron chi connectivity index (χ0n) is 10.5. The van der Waals surface area contributed by atoms with E-state index >= 15 is 0 Å². The van der Waals surface area contributed by atoms with Gasteiger partial charge in [0.1, 0.15) is 5.82 Å². The van der Waals surface area contributed by atoms with Crippen LogP contribution in [0, 0.1) is 5.82 Å². The molecule has 1 aromatic rings. The van der Waals surface area contributed by atoms with Crippen molar-refractivity contribution in [3.8, 4) is 0 Å². The summed E-state index contributed by atoms with van der Waals surface area (Å²) in [5, 5.41) is 21.2. The van der Waals surface area contributed by atoms with Gasteiger partial charge in [-0.3, -0.25) is 0 Å². The van der Waals surface area contributed by atoms with Gasteiger partial charge >= 0.3 is 5.97 Å². The quantitative estimate of drug-likeness (QED) is 0.714. The average molecular weight is 255 g/mol. The maximum atomic E-state index is 12.7. The van der Waals surface area contributed by atoms with Crippen LogP contribution in [-0.4, -0.2) is 34.4 Å². The average Bonchev–Trinajstić information content (AvgIpc) is 2.29. The number of carboxylic acids is 1. The number of aliphatic hydroxyl groups is 1. The molecular weight excluding hydrogens is 237 g/mol. The molecule has 0 heterocycles. The first kappa shape index (κ1) is 14.6. The Labute approximate surface area is 105 Å². The molecule has 0 fully saturated rings. The van der Waals surface area contributed by atoms with Crippen molar-refractivity contribution >= 4 is 5.97 Å². The first-order valence-corrected chi connectivity index (χ1v) is 5.75. The minimum atomic E-state index is -1.78. The second-order valence-electron chi connectivity index (χ2n) is 4.69. The molecule has 2 atom stereocenters. The summed E-state index contributed by atoms with van der Waals surface area (Å²) in [6.07, 6.45) is 0.635. The normalized spacial score (nSPS) is 16.0. The first-order valence-electron chi connectivity index (χ1n) is 5.75. The third-order valence-corrected chi connectivity index (χ3v) is 2.71. The van der Waals surface area contributed by atoms with Gasteiger partial charge in [-0.2, -0.15) is 0 Å². The van der Waals surface area contributed by atoms with Gasteiger partial charge in [0, 0.05) is 12.6 Å². The molecule has 0 bridgehead atoms. The van der Waals surface area contributed by atoms with E-state index in [1.807, 2.05) is 6.92 Å². The van der Waals surface area contributed by atoms with Crippen LogP contribution in [0.25, 0.3) is 0 Å². The van der Waals surface area contributed by atoms with Crippen molar-refractivity contribution in [2.24, 2.45) is 0 Å². The van der Waals surface area contributed by atoms with E-state index in [9.17, 15) is 14.3 Å². The predicted molar refractivity (Wildman–Crippen MR) is 65.8 cm³/mol. The number of benzene rings is 1. The highest BCUT2D eigenvalue weighted by molar-refractivity contribution is 5.76. The molecule has 0 aliphatic carbocycles. The van der Waals surface area contributed by atoms with E-state index in [4.69, 9.17) is 5.11 Å². The summed E-state index contributed by atoms with van der Waals surface area (Å²) in [5.74, 6) is -1.54. The zero-order chi connectivity index (χ0) is 13.8. The Bertz CT molecular complexity index is 403. The lowest BCUT2D eigenvalue weighted by molar-refractivity contribution is -0.156. The van der Waals surface area contributed by atoms with Crippen LogP contribution in [0.4, 0.5) is 4.39 Å². The summed E-state index contributed by atoms with van der Waals surface area (Å²) in [4.78, 5) is 10.7. The Balaban J connectivity index is 2.45. The molecule has 1 aromatic carbocycles. The fourth-order valence-electron chi connectivity index (χ4n) is 1.49. The van der Waals surface area contributed by atoms with Gasteiger partial charge in [0.05, 0.1) is 0 Å². The van der Waals surface area contributed by atoms with Crippen molar-refractivity contribution in [3.05, 3.63) is 35.6 Å². The van der Waals surface area contributed by atoms with E-state index in [-0.39, 0.29) is 18.4 Å². The third-order valence-electron chi connectivity index (χ3n) is 2.71. The molecule has 0 spiro atoms. The van der Waals surface area contributed by atoms with Crippen molar-refractivity contribution in [3.63, 3.8) is 0 Å². The molecule has 0 saturated carbocycles. The van der Waals surface area contributed by atoms with Gasteiger partial charge in [-0.15, -0.1) is 0 Å². The van der Waals surface area contributed by atoms with Crippen molar-refractivity contribution in [1.82, 2.24) is 5.32 Å². The summed E-state index contributed by atoms with van der Waals surface area (Å²) >= 11 is 0. The largest absolute Gasteiger partial charge is 0.479 e. The Morgan fingerprint density at radius 3 is 2.50 bits per heavy atom. The SMILES string of the molecule is CC(Cc1ccc(F)cc1)NCC(C)(O)C(=O)O. The highest BCUT2D eigenvalue weighted by atomic mass is 19.1. The van der Waals surface area contributed by atoms with Crippen molar-refractivity contribution in [2.45, 2.75) is 31.9 Å². The highest BCUT2D eigenvalue weighted by Gasteiger charge is 2.29. The molecule has 0 radical (unpaired) electrons. The lowest BCUT2D eigenvalue weighted by Gasteiger charge is -2.22. The number of nitrogens with one attached hydrogen (secondary N) is 1. The van der Waals surface area contributed by atoms with Crippen LogP contribution in [0.2, 0.25) is 0 Å². The molecule has 1 rings (SSSR count). The Hall–Kier alpha value is -1.46. The Morgan fingerprint density at radius 2 is 2.00 bits per heavy atom. The molecule has 3 N–H and O–H groups in total. The molecule has 100 valence electrons. The lowest BCUT2D eigenvalue weighted by Crippen LogP contribution is -2.47. The number of halogens is 1. The topological polar surface area (TPSA) is 69.6 Å². The zero-order valence-corrected chi connectivity index (χ0v) is 10.5. The van der Waals surface area contributed by atoms with Crippen molar-refractivity contribution in [2.75, 3.05) is 6.54 Å². The minimum Gasteiger partial charge on any atom is -0.479 e. The molecule has 0 aliphatic heterocycles. The second-order valence-corrected chi connectivity index (χ2v) is 4.69.